The summed E-state index contributed by atoms with van der Waals surface area (Å²) in [5.74, 6) is 0.912. The highest BCUT2D eigenvalue weighted by atomic mass is 15.3. The maximum absolute atomic E-state index is 4.31. The van der Waals surface area contributed by atoms with Crippen molar-refractivity contribution in [2.75, 3.05) is 0 Å². The number of aromatic nitrogens is 4. The second-order valence-corrected chi connectivity index (χ2v) is 3.89. The van der Waals surface area contributed by atoms with E-state index in [1.54, 1.807) is 6.20 Å². The monoisotopic (exact) mass is 224 g/mol. The molecule has 3 rings (SSSR count). The summed E-state index contributed by atoms with van der Waals surface area (Å²) in [6.45, 7) is 1.93. The van der Waals surface area contributed by atoms with E-state index in [1.165, 1.54) is 0 Å². The molecule has 0 saturated heterocycles. The first kappa shape index (κ1) is 9.84. The molecular weight excluding hydrogens is 212 g/mol. The molecule has 0 radical (unpaired) electrons. The lowest BCUT2D eigenvalue weighted by Gasteiger charge is -1.94. The number of para-hydroxylation sites is 1. The topological polar surface area (TPSA) is 46.5 Å². The van der Waals surface area contributed by atoms with Crippen molar-refractivity contribution in [3.8, 4) is 0 Å². The molecule has 0 bridgehead atoms. The molecule has 3 aromatic rings. The Labute approximate surface area is 98.6 Å². The Balaban J connectivity index is 1.97. The minimum Gasteiger partial charge on any atom is -0.343 e. The van der Waals surface area contributed by atoms with Crippen LogP contribution in [0.4, 0.5) is 0 Å². The second-order valence-electron chi connectivity index (χ2n) is 3.89. The molecule has 0 fully saturated rings. The van der Waals surface area contributed by atoms with Gasteiger partial charge in [-0.2, -0.15) is 5.10 Å². The number of hydrogen-bond donors (Lipinski definition) is 1. The molecule has 2 aromatic heterocycles. The maximum Gasteiger partial charge on any atom is 0.103 e. The number of imidazole rings is 1. The summed E-state index contributed by atoms with van der Waals surface area (Å²) in [5, 5.41) is 5.45. The lowest BCUT2D eigenvalue weighted by atomic mass is 10.3. The number of rotatable bonds is 2. The van der Waals surface area contributed by atoms with Crippen molar-refractivity contribution in [1.29, 1.82) is 0 Å². The van der Waals surface area contributed by atoms with Crippen molar-refractivity contribution in [3.63, 3.8) is 0 Å². The van der Waals surface area contributed by atoms with Crippen molar-refractivity contribution < 1.29 is 0 Å². The van der Waals surface area contributed by atoms with Crippen LogP contribution in [0.5, 0.6) is 0 Å². The van der Waals surface area contributed by atoms with E-state index in [9.17, 15) is 0 Å². The Morgan fingerprint density at radius 3 is 2.94 bits per heavy atom. The van der Waals surface area contributed by atoms with Gasteiger partial charge < -0.3 is 4.98 Å². The first-order chi connectivity index (χ1) is 8.33. The van der Waals surface area contributed by atoms with Crippen molar-refractivity contribution in [2.45, 2.75) is 6.92 Å². The van der Waals surface area contributed by atoms with Crippen LogP contribution in [0.3, 0.4) is 0 Å². The Morgan fingerprint density at radius 2 is 2.12 bits per heavy atom. The highest BCUT2D eigenvalue weighted by molar-refractivity contribution is 5.81. The molecule has 0 unspecified atom stereocenters. The standard InChI is InChI=1S/C13H12N4/c1-10-14-9-12(16-10)6-7-17-13-5-3-2-4-11(13)8-15-17/h2-9H,1H3,(H,14,16)/b7-6+. The van der Waals surface area contributed by atoms with E-state index in [-0.39, 0.29) is 0 Å². The number of fused-ring (bicyclic) bond motifs is 1. The van der Waals surface area contributed by atoms with Crippen LogP contribution in [-0.4, -0.2) is 19.7 Å². The van der Waals surface area contributed by atoms with Crippen LogP contribution in [0.2, 0.25) is 0 Å². The van der Waals surface area contributed by atoms with Gasteiger partial charge in [-0.3, -0.25) is 0 Å². The van der Waals surface area contributed by atoms with Crippen LogP contribution in [-0.2, 0) is 0 Å². The SMILES string of the molecule is Cc1ncc(/C=C/n2ncc3ccccc32)[nH]1. The van der Waals surface area contributed by atoms with Crippen LogP contribution in [0.15, 0.2) is 36.7 Å². The number of aryl methyl sites for hydroxylation is 1. The molecule has 84 valence electrons. The van der Waals surface area contributed by atoms with Gasteiger partial charge in [0.2, 0.25) is 0 Å². The van der Waals surface area contributed by atoms with Crippen LogP contribution in [0.25, 0.3) is 23.2 Å². The van der Waals surface area contributed by atoms with Gasteiger partial charge in [-0.1, -0.05) is 18.2 Å². The van der Waals surface area contributed by atoms with Gasteiger partial charge in [0.15, 0.2) is 0 Å². The van der Waals surface area contributed by atoms with E-state index < -0.39 is 0 Å². The molecule has 4 nitrogen and oxygen atoms in total. The minimum absolute atomic E-state index is 0.912. The molecule has 0 aliphatic rings. The van der Waals surface area contributed by atoms with Gasteiger partial charge in [0.25, 0.3) is 0 Å². The zero-order chi connectivity index (χ0) is 11.7. The molecule has 0 atom stereocenters. The third-order valence-electron chi connectivity index (χ3n) is 2.62. The van der Waals surface area contributed by atoms with Gasteiger partial charge in [0.05, 0.1) is 23.6 Å². The van der Waals surface area contributed by atoms with Crippen LogP contribution >= 0.6 is 0 Å². The summed E-state index contributed by atoms with van der Waals surface area (Å²) < 4.78 is 1.85. The second kappa shape index (κ2) is 3.90. The van der Waals surface area contributed by atoms with Crippen molar-refractivity contribution in [1.82, 2.24) is 19.7 Å². The van der Waals surface area contributed by atoms with Crippen LogP contribution in [0, 0.1) is 6.92 Å². The van der Waals surface area contributed by atoms with Gasteiger partial charge >= 0.3 is 0 Å². The van der Waals surface area contributed by atoms with Gasteiger partial charge in [-0.15, -0.1) is 0 Å². The molecule has 0 spiro atoms. The fourth-order valence-corrected chi connectivity index (χ4v) is 1.79. The van der Waals surface area contributed by atoms with Gasteiger partial charge in [-0.25, -0.2) is 9.67 Å². The number of H-pyrrole nitrogens is 1. The molecule has 17 heavy (non-hydrogen) atoms. The van der Waals surface area contributed by atoms with Gasteiger partial charge in [0, 0.05) is 11.6 Å². The molecule has 1 N–H and O–H groups in total. The summed E-state index contributed by atoms with van der Waals surface area (Å²) in [6.07, 6.45) is 7.55. The molecule has 0 aliphatic carbocycles. The predicted molar refractivity (Wildman–Crippen MR) is 68.3 cm³/mol. The maximum atomic E-state index is 4.31. The summed E-state index contributed by atoms with van der Waals surface area (Å²) in [6, 6.07) is 8.11. The van der Waals surface area contributed by atoms with E-state index >= 15 is 0 Å². The molecular formula is C13H12N4. The Hall–Kier alpha value is -2.36. The molecule has 0 saturated carbocycles. The highest BCUT2D eigenvalue weighted by Crippen LogP contribution is 2.13. The predicted octanol–water partition coefficient (Wildman–Crippen LogP) is 2.70. The summed E-state index contributed by atoms with van der Waals surface area (Å²) in [4.78, 5) is 7.29. The molecule has 2 heterocycles. The van der Waals surface area contributed by atoms with Crippen molar-refractivity contribution in [3.05, 3.63) is 48.2 Å². The van der Waals surface area contributed by atoms with Crippen LogP contribution < -0.4 is 0 Å². The molecule has 1 aromatic carbocycles. The van der Waals surface area contributed by atoms with E-state index in [4.69, 9.17) is 0 Å². The lowest BCUT2D eigenvalue weighted by molar-refractivity contribution is 0.968. The lowest BCUT2D eigenvalue weighted by Crippen LogP contribution is -1.87. The Bertz CT molecular complexity index is 675. The van der Waals surface area contributed by atoms with Gasteiger partial charge in [-0.05, 0) is 19.1 Å². The fraction of sp³-hybridized carbons (Fsp3) is 0.0769. The minimum atomic E-state index is 0.912. The molecule has 4 heteroatoms. The van der Waals surface area contributed by atoms with Crippen molar-refractivity contribution in [2.24, 2.45) is 0 Å². The number of aromatic amines is 1. The van der Waals surface area contributed by atoms with Gasteiger partial charge in [0.1, 0.15) is 5.82 Å². The summed E-state index contributed by atoms with van der Waals surface area (Å²) >= 11 is 0. The van der Waals surface area contributed by atoms with E-state index in [1.807, 2.05) is 54.3 Å². The smallest absolute Gasteiger partial charge is 0.103 e. The number of hydrogen-bond acceptors (Lipinski definition) is 2. The van der Waals surface area contributed by atoms with E-state index in [2.05, 4.69) is 15.1 Å². The largest absolute Gasteiger partial charge is 0.343 e. The normalized spacial score (nSPS) is 11.6. The molecule has 0 aliphatic heterocycles. The summed E-state index contributed by atoms with van der Waals surface area (Å²) in [5.41, 5.74) is 2.07. The fourth-order valence-electron chi connectivity index (χ4n) is 1.79. The first-order valence-corrected chi connectivity index (χ1v) is 5.45. The quantitative estimate of drug-likeness (QED) is 0.727. The average molecular weight is 224 g/mol. The Kier molecular flexibility index (Phi) is 2.26. The number of nitrogens with one attached hydrogen (secondary N) is 1. The van der Waals surface area contributed by atoms with E-state index in [0.717, 1.165) is 22.4 Å². The molecule has 0 amide bonds. The first-order valence-electron chi connectivity index (χ1n) is 5.45. The third-order valence-corrected chi connectivity index (χ3v) is 2.62. The van der Waals surface area contributed by atoms with E-state index in [0.29, 0.717) is 0 Å². The summed E-state index contributed by atoms with van der Waals surface area (Å²) in [7, 11) is 0. The van der Waals surface area contributed by atoms with Crippen molar-refractivity contribution >= 4 is 23.2 Å². The zero-order valence-corrected chi connectivity index (χ0v) is 9.46. The third kappa shape index (κ3) is 1.85. The van der Waals surface area contributed by atoms with Crippen LogP contribution in [0.1, 0.15) is 11.5 Å². The number of benzene rings is 1. The highest BCUT2D eigenvalue weighted by Gasteiger charge is 1.98. The average Bonchev–Trinajstić information content (AvgIpc) is 2.93. The number of nitrogens with zero attached hydrogens (tertiary/aromatic N) is 3. The Morgan fingerprint density at radius 1 is 1.24 bits per heavy atom. The zero-order valence-electron chi connectivity index (χ0n) is 9.46.